The molecule has 0 aliphatic carbocycles. The number of carbonyl (C=O) groups excluding carboxylic acids is 1. The maximum absolute atomic E-state index is 13.0. The minimum absolute atomic E-state index is 0.0574. The van der Waals surface area contributed by atoms with Crippen LogP contribution in [0.5, 0.6) is 5.75 Å². The molecule has 1 aliphatic heterocycles. The number of piperidine rings is 1. The molecule has 1 amide bonds. The van der Waals surface area contributed by atoms with Crippen molar-refractivity contribution >= 4 is 17.4 Å². The number of hydrogen-bond acceptors (Lipinski definition) is 5. The number of aryl methyl sites for hydroxylation is 1. The molecule has 1 saturated heterocycles. The van der Waals surface area contributed by atoms with E-state index < -0.39 is 0 Å². The maximum Gasteiger partial charge on any atom is 0.260 e. The minimum Gasteiger partial charge on any atom is -0.484 e. The molecule has 0 saturated carbocycles. The first-order valence-electron chi connectivity index (χ1n) is 10.4. The highest BCUT2D eigenvalue weighted by Gasteiger charge is 2.25. The molecule has 31 heavy (non-hydrogen) atoms. The van der Waals surface area contributed by atoms with Crippen LogP contribution in [0.25, 0.3) is 0 Å². The fourth-order valence-electron chi connectivity index (χ4n) is 3.69. The van der Waals surface area contributed by atoms with E-state index in [1.165, 1.54) is 24.3 Å². The van der Waals surface area contributed by atoms with Crippen LogP contribution >= 0.6 is 0 Å². The van der Waals surface area contributed by atoms with Crippen LogP contribution in [0.2, 0.25) is 0 Å². The predicted molar refractivity (Wildman–Crippen MR) is 117 cm³/mol. The van der Waals surface area contributed by atoms with Gasteiger partial charge in [-0.15, -0.1) is 0 Å². The van der Waals surface area contributed by atoms with Crippen molar-refractivity contribution in [1.29, 1.82) is 0 Å². The molecule has 0 radical (unpaired) electrons. The monoisotopic (exact) mass is 420 g/mol. The predicted octanol–water partition coefficient (Wildman–Crippen LogP) is 4.45. The molecule has 0 unspecified atom stereocenters. The van der Waals surface area contributed by atoms with Crippen LogP contribution < -0.4 is 10.1 Å². The van der Waals surface area contributed by atoms with Gasteiger partial charge in [0, 0.05) is 30.4 Å². The SMILES string of the molecule is Cc1cccc(Nc2ccc([C@@H]3CCCN(C(=O)COc4ccc(F)cc4)C3)nc2)n1. The van der Waals surface area contributed by atoms with Gasteiger partial charge in [-0.05, 0) is 68.3 Å². The average Bonchev–Trinajstić information content (AvgIpc) is 2.79. The van der Waals surface area contributed by atoms with Gasteiger partial charge in [-0.3, -0.25) is 9.78 Å². The molecule has 1 aliphatic rings. The van der Waals surface area contributed by atoms with Gasteiger partial charge in [0.15, 0.2) is 6.61 Å². The quantitative estimate of drug-likeness (QED) is 0.638. The lowest BCUT2D eigenvalue weighted by molar-refractivity contribution is -0.134. The van der Waals surface area contributed by atoms with Crippen molar-refractivity contribution in [2.45, 2.75) is 25.7 Å². The van der Waals surface area contributed by atoms with E-state index in [1.54, 1.807) is 6.20 Å². The molecule has 2 aromatic heterocycles. The molecule has 3 heterocycles. The Hall–Kier alpha value is -3.48. The molecule has 0 spiro atoms. The molecule has 0 bridgehead atoms. The van der Waals surface area contributed by atoms with Gasteiger partial charge in [0.1, 0.15) is 17.4 Å². The van der Waals surface area contributed by atoms with Crippen molar-refractivity contribution < 1.29 is 13.9 Å². The first kappa shape index (κ1) is 20.8. The van der Waals surface area contributed by atoms with Crippen LogP contribution in [-0.4, -0.2) is 40.5 Å². The molecular weight excluding hydrogens is 395 g/mol. The number of likely N-dealkylation sites (tertiary alicyclic amines) is 1. The summed E-state index contributed by atoms with van der Waals surface area (Å²) in [5.74, 6) is 1.05. The molecule has 1 aromatic carbocycles. The van der Waals surface area contributed by atoms with Gasteiger partial charge in [0.25, 0.3) is 5.91 Å². The summed E-state index contributed by atoms with van der Waals surface area (Å²) in [5.41, 5.74) is 2.79. The second-order valence-electron chi connectivity index (χ2n) is 7.68. The Morgan fingerprint density at radius 3 is 2.77 bits per heavy atom. The van der Waals surface area contributed by atoms with Crippen LogP contribution in [0, 0.1) is 12.7 Å². The summed E-state index contributed by atoms with van der Waals surface area (Å²) in [6.07, 6.45) is 3.71. The Labute approximate surface area is 181 Å². The Kier molecular flexibility index (Phi) is 6.40. The number of rotatable bonds is 6. The van der Waals surface area contributed by atoms with E-state index in [0.717, 1.165) is 35.7 Å². The summed E-state index contributed by atoms with van der Waals surface area (Å²) < 4.78 is 18.5. The molecule has 1 fully saturated rings. The number of anilines is 2. The highest BCUT2D eigenvalue weighted by Crippen LogP contribution is 2.27. The average molecular weight is 420 g/mol. The second-order valence-corrected chi connectivity index (χ2v) is 7.68. The summed E-state index contributed by atoms with van der Waals surface area (Å²) in [7, 11) is 0. The fraction of sp³-hybridized carbons (Fsp3) is 0.292. The van der Waals surface area contributed by atoms with E-state index in [0.29, 0.717) is 18.8 Å². The third-order valence-electron chi connectivity index (χ3n) is 5.32. The number of benzene rings is 1. The number of nitrogens with one attached hydrogen (secondary N) is 1. The van der Waals surface area contributed by atoms with Gasteiger partial charge in [0.2, 0.25) is 0 Å². The first-order valence-corrected chi connectivity index (χ1v) is 10.4. The van der Waals surface area contributed by atoms with E-state index in [4.69, 9.17) is 4.74 Å². The van der Waals surface area contributed by atoms with Crippen molar-refractivity contribution in [2.75, 3.05) is 25.0 Å². The third kappa shape index (κ3) is 5.57. The zero-order valence-electron chi connectivity index (χ0n) is 17.4. The Morgan fingerprint density at radius 2 is 2.03 bits per heavy atom. The molecule has 6 nitrogen and oxygen atoms in total. The largest absolute Gasteiger partial charge is 0.484 e. The van der Waals surface area contributed by atoms with Crippen LogP contribution in [0.1, 0.15) is 30.1 Å². The lowest BCUT2D eigenvalue weighted by atomic mass is 9.94. The molecule has 1 N–H and O–H groups in total. The summed E-state index contributed by atoms with van der Waals surface area (Å²) in [6, 6.07) is 15.5. The van der Waals surface area contributed by atoms with Crippen molar-refractivity contribution in [3.63, 3.8) is 0 Å². The van der Waals surface area contributed by atoms with Gasteiger partial charge in [-0.2, -0.15) is 0 Å². The topological polar surface area (TPSA) is 67.4 Å². The van der Waals surface area contributed by atoms with E-state index >= 15 is 0 Å². The third-order valence-corrected chi connectivity index (χ3v) is 5.32. The number of aromatic nitrogens is 2. The zero-order chi connectivity index (χ0) is 21.6. The number of amides is 1. The van der Waals surface area contributed by atoms with Crippen molar-refractivity contribution in [3.8, 4) is 5.75 Å². The molecule has 3 aromatic rings. The Morgan fingerprint density at radius 1 is 1.19 bits per heavy atom. The zero-order valence-corrected chi connectivity index (χ0v) is 17.4. The highest BCUT2D eigenvalue weighted by molar-refractivity contribution is 5.78. The van der Waals surface area contributed by atoms with Gasteiger partial charge in [0.05, 0.1) is 11.9 Å². The number of hydrogen-bond donors (Lipinski definition) is 1. The smallest absolute Gasteiger partial charge is 0.260 e. The second kappa shape index (κ2) is 9.55. The molecule has 1 atom stereocenters. The van der Waals surface area contributed by atoms with Crippen LogP contribution in [-0.2, 0) is 4.79 Å². The van der Waals surface area contributed by atoms with E-state index in [1.807, 2.05) is 42.2 Å². The van der Waals surface area contributed by atoms with Crippen LogP contribution in [0.3, 0.4) is 0 Å². The van der Waals surface area contributed by atoms with E-state index in [-0.39, 0.29) is 24.2 Å². The molecule has 4 rings (SSSR count). The van der Waals surface area contributed by atoms with Crippen molar-refractivity contribution in [1.82, 2.24) is 14.9 Å². The van der Waals surface area contributed by atoms with Gasteiger partial charge in [-0.25, -0.2) is 9.37 Å². The van der Waals surface area contributed by atoms with E-state index in [9.17, 15) is 9.18 Å². The molecule has 7 heteroatoms. The lowest BCUT2D eigenvalue weighted by Crippen LogP contribution is -2.41. The lowest BCUT2D eigenvalue weighted by Gasteiger charge is -2.32. The highest BCUT2D eigenvalue weighted by atomic mass is 19.1. The number of nitrogens with zero attached hydrogens (tertiary/aromatic N) is 3. The van der Waals surface area contributed by atoms with Crippen molar-refractivity contribution in [3.05, 3.63) is 78.0 Å². The summed E-state index contributed by atoms with van der Waals surface area (Å²) >= 11 is 0. The molecular formula is C24H25FN4O2. The van der Waals surface area contributed by atoms with Gasteiger partial charge >= 0.3 is 0 Å². The molecule has 160 valence electrons. The van der Waals surface area contributed by atoms with Crippen LogP contribution in [0.15, 0.2) is 60.8 Å². The minimum atomic E-state index is -0.332. The fourth-order valence-corrected chi connectivity index (χ4v) is 3.69. The number of pyridine rings is 2. The van der Waals surface area contributed by atoms with Gasteiger partial charge < -0.3 is 15.0 Å². The summed E-state index contributed by atoms with van der Waals surface area (Å²) in [6.45, 7) is 3.22. The Balaban J connectivity index is 1.33. The first-order chi connectivity index (χ1) is 15.1. The van der Waals surface area contributed by atoms with Gasteiger partial charge in [-0.1, -0.05) is 6.07 Å². The maximum atomic E-state index is 13.0. The summed E-state index contributed by atoms with van der Waals surface area (Å²) in [5, 5.41) is 3.26. The van der Waals surface area contributed by atoms with Crippen LogP contribution in [0.4, 0.5) is 15.9 Å². The Bertz CT molecular complexity index is 1020. The number of ether oxygens (including phenoxy) is 1. The number of halogens is 1. The normalized spacial score (nSPS) is 16.1. The summed E-state index contributed by atoms with van der Waals surface area (Å²) in [4.78, 5) is 23.5. The standard InChI is InChI=1S/C24H25FN4O2/c1-17-4-2-6-23(27-17)28-20-9-12-22(26-14-20)18-5-3-13-29(15-18)24(30)16-31-21-10-7-19(25)8-11-21/h2,4,6-12,14,18H,3,5,13,15-16H2,1H3,(H,27,28)/t18-/m1/s1. The number of carbonyl (C=O) groups is 1. The van der Waals surface area contributed by atoms with E-state index in [2.05, 4.69) is 15.3 Å². The van der Waals surface area contributed by atoms with Crippen molar-refractivity contribution in [2.24, 2.45) is 0 Å².